The second kappa shape index (κ2) is 7.16. The van der Waals surface area contributed by atoms with Crippen LogP contribution in [0.3, 0.4) is 0 Å². The lowest BCUT2D eigenvalue weighted by atomic mass is 9.94. The topological polar surface area (TPSA) is 36.9 Å². The average Bonchev–Trinajstić information content (AvgIpc) is 2.99. The number of hydrogen-bond acceptors (Lipinski definition) is 4. The van der Waals surface area contributed by atoms with Crippen molar-refractivity contribution in [2.24, 2.45) is 5.41 Å². The molecule has 1 aromatic carbocycles. The molecule has 0 radical (unpaired) electrons. The Morgan fingerprint density at radius 1 is 1.33 bits per heavy atom. The minimum absolute atomic E-state index is 0.234. The van der Waals surface area contributed by atoms with Gasteiger partial charge in [0, 0.05) is 16.0 Å². The molecule has 21 heavy (non-hydrogen) atoms. The summed E-state index contributed by atoms with van der Waals surface area (Å²) in [4.78, 5) is 0. The molecule has 116 valence electrons. The Kier molecular flexibility index (Phi) is 5.51. The first-order valence-corrected chi connectivity index (χ1v) is 7.25. The van der Waals surface area contributed by atoms with E-state index in [4.69, 9.17) is 30.5 Å². The summed E-state index contributed by atoms with van der Waals surface area (Å²) in [7, 11) is 1.60. The van der Waals surface area contributed by atoms with E-state index in [0.717, 1.165) is 11.3 Å². The lowest BCUT2D eigenvalue weighted by Gasteiger charge is -2.29. The SMILES string of the molecule is CO/C=C\c1cc(Cl)ccc1OCC(C)(C)C1OCCO1. The van der Waals surface area contributed by atoms with E-state index in [1.807, 2.05) is 18.2 Å². The zero-order chi connectivity index (χ0) is 15.3. The van der Waals surface area contributed by atoms with Crippen LogP contribution in [0, 0.1) is 5.41 Å². The summed E-state index contributed by atoms with van der Waals surface area (Å²) < 4.78 is 22.0. The van der Waals surface area contributed by atoms with Crippen molar-refractivity contribution in [2.45, 2.75) is 20.1 Å². The van der Waals surface area contributed by atoms with Crippen molar-refractivity contribution in [1.82, 2.24) is 0 Å². The van der Waals surface area contributed by atoms with Crippen molar-refractivity contribution in [3.05, 3.63) is 35.0 Å². The molecule has 0 atom stereocenters. The highest BCUT2D eigenvalue weighted by atomic mass is 35.5. The van der Waals surface area contributed by atoms with E-state index < -0.39 is 0 Å². The highest BCUT2D eigenvalue weighted by molar-refractivity contribution is 6.30. The molecule has 4 nitrogen and oxygen atoms in total. The van der Waals surface area contributed by atoms with Crippen molar-refractivity contribution in [1.29, 1.82) is 0 Å². The number of hydrogen-bond donors (Lipinski definition) is 0. The minimum atomic E-state index is -0.238. The van der Waals surface area contributed by atoms with Crippen molar-refractivity contribution >= 4 is 17.7 Å². The quantitative estimate of drug-likeness (QED) is 0.750. The van der Waals surface area contributed by atoms with E-state index in [2.05, 4.69) is 13.8 Å². The van der Waals surface area contributed by atoms with Crippen LogP contribution in [-0.4, -0.2) is 33.2 Å². The third-order valence-corrected chi connectivity index (χ3v) is 3.45. The van der Waals surface area contributed by atoms with Crippen LogP contribution in [-0.2, 0) is 14.2 Å². The Hall–Kier alpha value is -1.23. The van der Waals surface area contributed by atoms with Gasteiger partial charge < -0.3 is 18.9 Å². The molecule has 0 N–H and O–H groups in total. The average molecular weight is 313 g/mol. The van der Waals surface area contributed by atoms with Crippen LogP contribution in [0.4, 0.5) is 0 Å². The smallest absolute Gasteiger partial charge is 0.166 e. The maximum absolute atomic E-state index is 6.02. The normalized spacial score (nSPS) is 16.6. The van der Waals surface area contributed by atoms with Gasteiger partial charge in [0.15, 0.2) is 6.29 Å². The monoisotopic (exact) mass is 312 g/mol. The van der Waals surface area contributed by atoms with Gasteiger partial charge in [-0.2, -0.15) is 0 Å². The van der Waals surface area contributed by atoms with E-state index >= 15 is 0 Å². The predicted molar refractivity (Wildman–Crippen MR) is 82.5 cm³/mol. The molecule has 1 aliphatic rings. The molecule has 0 unspecified atom stereocenters. The number of benzene rings is 1. The number of ether oxygens (including phenoxy) is 4. The Bertz CT molecular complexity index is 493. The maximum atomic E-state index is 6.02. The van der Waals surface area contributed by atoms with Crippen LogP contribution in [0.25, 0.3) is 6.08 Å². The van der Waals surface area contributed by atoms with Crippen LogP contribution < -0.4 is 4.74 Å². The molecule has 0 aromatic heterocycles. The first kappa shape index (κ1) is 16.1. The van der Waals surface area contributed by atoms with E-state index in [9.17, 15) is 0 Å². The molecule has 1 saturated heterocycles. The number of rotatable bonds is 6. The van der Waals surface area contributed by atoms with Crippen LogP contribution >= 0.6 is 11.6 Å². The summed E-state index contributed by atoms with van der Waals surface area (Å²) in [6, 6.07) is 5.49. The summed E-state index contributed by atoms with van der Waals surface area (Å²) in [5.74, 6) is 0.749. The standard InChI is InChI=1S/C16H21ClO4/c1-16(2,15-19-8-9-20-15)11-21-14-5-4-13(17)10-12(14)6-7-18-3/h4-7,10,15H,8-9,11H2,1-3H3/b7-6-. The molecule has 0 aliphatic carbocycles. The van der Waals surface area contributed by atoms with Gasteiger partial charge in [-0.05, 0) is 24.3 Å². The molecule has 0 spiro atoms. The minimum Gasteiger partial charge on any atom is -0.504 e. The molecule has 1 fully saturated rings. The van der Waals surface area contributed by atoms with Crippen molar-refractivity contribution in [2.75, 3.05) is 26.9 Å². The maximum Gasteiger partial charge on any atom is 0.166 e. The summed E-state index contributed by atoms with van der Waals surface area (Å²) >= 11 is 6.02. The predicted octanol–water partition coefficient (Wildman–Crippen LogP) is 3.74. The molecule has 2 rings (SSSR count). The summed E-state index contributed by atoms with van der Waals surface area (Å²) in [5.41, 5.74) is 0.631. The Balaban J connectivity index is 2.06. The number of methoxy groups -OCH3 is 1. The lowest BCUT2D eigenvalue weighted by molar-refractivity contribution is -0.131. The second-order valence-corrected chi connectivity index (χ2v) is 6.01. The lowest BCUT2D eigenvalue weighted by Crippen LogP contribution is -2.35. The molecule has 1 aromatic rings. The largest absolute Gasteiger partial charge is 0.504 e. The van der Waals surface area contributed by atoms with Gasteiger partial charge in [-0.15, -0.1) is 0 Å². The molecule has 5 heteroatoms. The fraction of sp³-hybridized carbons (Fsp3) is 0.500. The Morgan fingerprint density at radius 3 is 2.71 bits per heavy atom. The number of halogens is 1. The third kappa shape index (κ3) is 4.37. The molecule has 0 saturated carbocycles. The van der Waals surface area contributed by atoms with Crippen LogP contribution in [0.1, 0.15) is 19.4 Å². The zero-order valence-corrected chi connectivity index (χ0v) is 13.4. The van der Waals surface area contributed by atoms with E-state index in [1.54, 1.807) is 19.4 Å². The van der Waals surface area contributed by atoms with E-state index in [1.165, 1.54) is 0 Å². The fourth-order valence-electron chi connectivity index (χ4n) is 2.06. The van der Waals surface area contributed by atoms with Gasteiger partial charge in [-0.3, -0.25) is 0 Å². The Morgan fingerprint density at radius 2 is 2.05 bits per heavy atom. The van der Waals surface area contributed by atoms with Crippen LogP contribution in [0.15, 0.2) is 24.5 Å². The summed E-state index contributed by atoms with van der Waals surface area (Å²) in [5, 5.41) is 0.653. The summed E-state index contributed by atoms with van der Waals surface area (Å²) in [6.45, 7) is 5.87. The van der Waals surface area contributed by atoms with Crippen LogP contribution in [0.5, 0.6) is 5.75 Å². The van der Waals surface area contributed by atoms with Crippen molar-refractivity contribution < 1.29 is 18.9 Å². The molecule has 1 heterocycles. The molecular weight excluding hydrogens is 292 g/mol. The summed E-state index contributed by atoms with van der Waals surface area (Å²) in [6.07, 6.45) is 3.17. The van der Waals surface area contributed by atoms with E-state index in [0.29, 0.717) is 24.8 Å². The zero-order valence-electron chi connectivity index (χ0n) is 12.6. The van der Waals surface area contributed by atoms with E-state index in [-0.39, 0.29) is 11.7 Å². The van der Waals surface area contributed by atoms with Gasteiger partial charge in [0.25, 0.3) is 0 Å². The molecule has 1 aliphatic heterocycles. The van der Waals surface area contributed by atoms with Crippen LogP contribution in [0.2, 0.25) is 5.02 Å². The van der Waals surface area contributed by atoms with Gasteiger partial charge in [-0.1, -0.05) is 25.4 Å². The first-order valence-electron chi connectivity index (χ1n) is 6.88. The first-order chi connectivity index (χ1) is 10.0. The third-order valence-electron chi connectivity index (χ3n) is 3.22. The molecule has 0 bridgehead atoms. The second-order valence-electron chi connectivity index (χ2n) is 5.57. The van der Waals surface area contributed by atoms with Gasteiger partial charge in [-0.25, -0.2) is 0 Å². The molecule has 0 amide bonds. The highest BCUT2D eigenvalue weighted by Crippen LogP contribution is 2.30. The van der Waals surface area contributed by atoms with Crippen molar-refractivity contribution in [3.63, 3.8) is 0 Å². The molecular formula is C16H21ClO4. The van der Waals surface area contributed by atoms with Gasteiger partial charge in [0.1, 0.15) is 5.75 Å². The van der Waals surface area contributed by atoms with Gasteiger partial charge in [0.2, 0.25) is 0 Å². The van der Waals surface area contributed by atoms with Gasteiger partial charge in [0.05, 0.1) is 33.2 Å². The van der Waals surface area contributed by atoms with Gasteiger partial charge >= 0.3 is 0 Å². The highest BCUT2D eigenvalue weighted by Gasteiger charge is 2.35. The fourth-order valence-corrected chi connectivity index (χ4v) is 2.24. The Labute approximate surface area is 130 Å². The van der Waals surface area contributed by atoms with Crippen molar-refractivity contribution in [3.8, 4) is 5.75 Å².